The summed E-state index contributed by atoms with van der Waals surface area (Å²) in [6.45, 7) is 7.03. The van der Waals surface area contributed by atoms with E-state index in [1.807, 2.05) is 0 Å². The molecule has 98 valence electrons. The van der Waals surface area contributed by atoms with Crippen molar-refractivity contribution in [2.75, 3.05) is 13.7 Å². The van der Waals surface area contributed by atoms with Gasteiger partial charge in [0, 0.05) is 25.2 Å². The molecular weight excluding hydrogens is 224 g/mol. The molecule has 1 N–H and O–H groups in total. The van der Waals surface area contributed by atoms with E-state index in [1.54, 1.807) is 7.11 Å². The van der Waals surface area contributed by atoms with Crippen molar-refractivity contribution in [3.05, 3.63) is 36.0 Å². The van der Waals surface area contributed by atoms with Gasteiger partial charge in [-0.15, -0.1) is 0 Å². The number of nitrogens with one attached hydrogen (secondary N) is 1. The van der Waals surface area contributed by atoms with Crippen LogP contribution >= 0.6 is 0 Å². The van der Waals surface area contributed by atoms with Crippen LogP contribution in [0.25, 0.3) is 10.9 Å². The van der Waals surface area contributed by atoms with Crippen molar-refractivity contribution >= 4 is 10.9 Å². The third-order valence-electron chi connectivity index (χ3n) is 3.04. The molecule has 0 saturated carbocycles. The van der Waals surface area contributed by atoms with Crippen molar-refractivity contribution in [3.63, 3.8) is 0 Å². The molecule has 0 saturated heterocycles. The molecule has 1 aromatic heterocycles. The summed E-state index contributed by atoms with van der Waals surface area (Å²) in [6.07, 6.45) is 2.08. The van der Waals surface area contributed by atoms with E-state index in [0.717, 1.165) is 13.1 Å². The fraction of sp³-hybridized carbons (Fsp3) is 0.467. The Balaban J connectivity index is 2.18. The second-order valence-electron chi connectivity index (χ2n) is 5.08. The van der Waals surface area contributed by atoms with Gasteiger partial charge in [-0.1, -0.05) is 26.0 Å². The predicted molar refractivity (Wildman–Crippen MR) is 75.5 cm³/mol. The van der Waals surface area contributed by atoms with Crippen molar-refractivity contribution in [1.29, 1.82) is 0 Å². The van der Waals surface area contributed by atoms with Gasteiger partial charge >= 0.3 is 0 Å². The number of rotatable bonds is 6. The molecule has 0 bridgehead atoms. The first-order valence-electron chi connectivity index (χ1n) is 6.48. The Labute approximate surface area is 109 Å². The van der Waals surface area contributed by atoms with E-state index >= 15 is 0 Å². The maximum atomic E-state index is 5.19. The molecule has 1 heterocycles. The average Bonchev–Trinajstić information content (AvgIpc) is 2.74. The molecule has 0 spiro atoms. The van der Waals surface area contributed by atoms with E-state index in [-0.39, 0.29) is 0 Å². The zero-order valence-electron chi connectivity index (χ0n) is 11.4. The quantitative estimate of drug-likeness (QED) is 0.848. The number of benzene rings is 1. The largest absolute Gasteiger partial charge is 0.364 e. The van der Waals surface area contributed by atoms with Gasteiger partial charge in [0.05, 0.1) is 5.52 Å². The Bertz CT molecular complexity index is 502. The average molecular weight is 246 g/mol. The molecule has 2 aromatic rings. The maximum Gasteiger partial charge on any atom is 0.122 e. The van der Waals surface area contributed by atoms with Gasteiger partial charge in [0.15, 0.2) is 0 Å². The van der Waals surface area contributed by atoms with Crippen LogP contribution in [0.2, 0.25) is 0 Å². The summed E-state index contributed by atoms with van der Waals surface area (Å²) in [5, 5.41) is 4.80. The first-order chi connectivity index (χ1) is 8.72. The molecule has 0 atom stereocenters. The molecule has 0 aliphatic heterocycles. The van der Waals surface area contributed by atoms with E-state index in [9.17, 15) is 0 Å². The van der Waals surface area contributed by atoms with Gasteiger partial charge in [0.2, 0.25) is 0 Å². The van der Waals surface area contributed by atoms with Crippen molar-refractivity contribution < 1.29 is 4.74 Å². The standard InChI is InChI=1S/C15H22N2O/c1-12(2)9-16-10-13-5-4-6-15-14(13)7-8-17(15)11-18-3/h4-8,12,16H,9-11H2,1-3H3. The summed E-state index contributed by atoms with van der Waals surface area (Å²) in [5.74, 6) is 0.683. The number of nitrogens with zero attached hydrogens (tertiary/aromatic N) is 1. The lowest BCUT2D eigenvalue weighted by molar-refractivity contribution is 0.135. The zero-order valence-corrected chi connectivity index (χ0v) is 11.4. The van der Waals surface area contributed by atoms with Crippen molar-refractivity contribution in [3.8, 4) is 0 Å². The number of hydrogen-bond donors (Lipinski definition) is 1. The zero-order chi connectivity index (χ0) is 13.0. The third-order valence-corrected chi connectivity index (χ3v) is 3.04. The lowest BCUT2D eigenvalue weighted by Crippen LogP contribution is -2.19. The molecule has 0 amide bonds. The van der Waals surface area contributed by atoms with Crippen LogP contribution < -0.4 is 5.32 Å². The molecule has 0 radical (unpaired) electrons. The predicted octanol–water partition coefficient (Wildman–Crippen LogP) is 2.99. The van der Waals surface area contributed by atoms with Crippen LogP contribution in [-0.2, 0) is 18.0 Å². The SMILES string of the molecule is COCn1ccc2c(CNCC(C)C)cccc21. The van der Waals surface area contributed by atoms with Gasteiger partial charge < -0.3 is 14.6 Å². The number of ether oxygens (including phenoxy) is 1. The van der Waals surface area contributed by atoms with Gasteiger partial charge in [-0.25, -0.2) is 0 Å². The summed E-state index contributed by atoms with van der Waals surface area (Å²) in [6, 6.07) is 8.61. The Hall–Kier alpha value is -1.32. The Morgan fingerprint density at radius 1 is 1.28 bits per heavy atom. The molecule has 0 unspecified atom stereocenters. The minimum atomic E-state index is 0.604. The van der Waals surface area contributed by atoms with Crippen LogP contribution in [0.1, 0.15) is 19.4 Å². The molecule has 3 nitrogen and oxygen atoms in total. The number of methoxy groups -OCH3 is 1. The first kappa shape index (κ1) is 13.1. The lowest BCUT2D eigenvalue weighted by atomic mass is 10.1. The molecular formula is C15H22N2O. The highest BCUT2D eigenvalue weighted by atomic mass is 16.5. The van der Waals surface area contributed by atoms with Gasteiger partial charge in [-0.2, -0.15) is 0 Å². The molecule has 2 rings (SSSR count). The summed E-state index contributed by atoms with van der Waals surface area (Å²) in [5.41, 5.74) is 2.59. The van der Waals surface area contributed by atoms with Gasteiger partial charge in [0.25, 0.3) is 0 Å². The van der Waals surface area contributed by atoms with E-state index < -0.39 is 0 Å². The molecule has 1 aromatic carbocycles. The van der Waals surface area contributed by atoms with Crippen LogP contribution in [0.3, 0.4) is 0 Å². The number of hydrogen-bond acceptors (Lipinski definition) is 2. The monoisotopic (exact) mass is 246 g/mol. The Kier molecular flexibility index (Phi) is 4.39. The highest BCUT2D eigenvalue weighted by molar-refractivity contribution is 5.83. The third kappa shape index (κ3) is 2.92. The summed E-state index contributed by atoms with van der Waals surface area (Å²) in [4.78, 5) is 0. The van der Waals surface area contributed by atoms with Crippen LogP contribution in [0.15, 0.2) is 30.5 Å². The molecule has 0 aliphatic rings. The second-order valence-corrected chi connectivity index (χ2v) is 5.08. The summed E-state index contributed by atoms with van der Waals surface area (Å²) >= 11 is 0. The fourth-order valence-electron chi connectivity index (χ4n) is 2.19. The maximum absolute atomic E-state index is 5.19. The van der Waals surface area contributed by atoms with Crippen LogP contribution in [0.4, 0.5) is 0 Å². The molecule has 0 fully saturated rings. The van der Waals surface area contributed by atoms with Crippen molar-refractivity contribution in [2.45, 2.75) is 27.1 Å². The molecule has 0 aliphatic carbocycles. The Morgan fingerprint density at radius 2 is 2.11 bits per heavy atom. The van der Waals surface area contributed by atoms with Crippen LogP contribution in [0.5, 0.6) is 0 Å². The molecule has 3 heteroatoms. The van der Waals surface area contributed by atoms with E-state index in [4.69, 9.17) is 4.74 Å². The smallest absolute Gasteiger partial charge is 0.122 e. The minimum absolute atomic E-state index is 0.604. The highest BCUT2D eigenvalue weighted by Crippen LogP contribution is 2.20. The topological polar surface area (TPSA) is 26.2 Å². The summed E-state index contributed by atoms with van der Waals surface area (Å²) < 4.78 is 7.32. The van der Waals surface area contributed by atoms with Gasteiger partial charge in [0.1, 0.15) is 6.73 Å². The van der Waals surface area contributed by atoms with Crippen LogP contribution in [0, 0.1) is 5.92 Å². The van der Waals surface area contributed by atoms with E-state index in [1.165, 1.54) is 16.5 Å². The number of fused-ring (bicyclic) bond motifs is 1. The van der Waals surface area contributed by atoms with E-state index in [0.29, 0.717) is 12.6 Å². The second kappa shape index (κ2) is 6.03. The summed E-state index contributed by atoms with van der Waals surface area (Å²) in [7, 11) is 1.72. The normalized spacial score (nSPS) is 11.6. The van der Waals surface area contributed by atoms with Crippen LogP contribution in [-0.4, -0.2) is 18.2 Å². The van der Waals surface area contributed by atoms with Crippen molar-refractivity contribution in [1.82, 2.24) is 9.88 Å². The van der Waals surface area contributed by atoms with E-state index in [2.05, 4.69) is 54.2 Å². The number of aromatic nitrogens is 1. The van der Waals surface area contributed by atoms with Gasteiger partial charge in [-0.3, -0.25) is 0 Å². The first-order valence-corrected chi connectivity index (χ1v) is 6.48. The van der Waals surface area contributed by atoms with Crippen molar-refractivity contribution in [2.24, 2.45) is 5.92 Å². The molecule has 18 heavy (non-hydrogen) atoms. The lowest BCUT2D eigenvalue weighted by Gasteiger charge is -2.09. The van der Waals surface area contributed by atoms with Gasteiger partial charge in [-0.05, 0) is 30.2 Å². The fourth-order valence-corrected chi connectivity index (χ4v) is 2.19. The minimum Gasteiger partial charge on any atom is -0.364 e. The Morgan fingerprint density at radius 3 is 2.83 bits per heavy atom. The highest BCUT2D eigenvalue weighted by Gasteiger charge is 2.05.